The lowest BCUT2D eigenvalue weighted by Gasteiger charge is -2.38. The summed E-state index contributed by atoms with van der Waals surface area (Å²) in [4.78, 5) is 2.51. The van der Waals surface area contributed by atoms with Gasteiger partial charge < -0.3 is 10.5 Å². The molecule has 4 rings (SSSR count). The minimum atomic E-state index is 0.00290. The maximum absolute atomic E-state index is 9.10. The molecule has 0 amide bonds. The van der Waals surface area contributed by atoms with Gasteiger partial charge in [0.15, 0.2) is 0 Å². The number of nitriles is 1. The maximum Gasteiger partial charge on any atom is 0.144 e. The van der Waals surface area contributed by atoms with Crippen LogP contribution in [0.25, 0.3) is 0 Å². The zero-order valence-corrected chi connectivity index (χ0v) is 15.2. The number of nitrogens with two attached hydrogens (primary N) is 1. The maximum atomic E-state index is 9.10. The predicted octanol–water partition coefficient (Wildman–Crippen LogP) is 1.28. The molecule has 4 nitrogen and oxygen atoms in total. The molecule has 0 radical (unpaired) electrons. The Morgan fingerprint density at radius 3 is 2.85 bits per heavy atom. The lowest BCUT2D eigenvalue weighted by atomic mass is 9.93. The van der Waals surface area contributed by atoms with Crippen LogP contribution in [0.5, 0.6) is 5.75 Å². The van der Waals surface area contributed by atoms with E-state index in [1.165, 1.54) is 11.1 Å². The number of rotatable bonds is 3. The van der Waals surface area contributed by atoms with E-state index in [4.69, 9.17) is 15.7 Å². The fraction of sp³-hybridized carbons (Fsp3) is 0.381. The summed E-state index contributed by atoms with van der Waals surface area (Å²) in [6, 6.07) is 17.0. The number of piperidine rings is 1. The van der Waals surface area contributed by atoms with Crippen LogP contribution >= 0.6 is 0 Å². The van der Waals surface area contributed by atoms with E-state index in [2.05, 4.69) is 35.2 Å². The first-order valence-corrected chi connectivity index (χ1v) is 9.40. The van der Waals surface area contributed by atoms with Gasteiger partial charge in [0.2, 0.25) is 0 Å². The third-order valence-corrected chi connectivity index (χ3v) is 5.66. The number of benzene rings is 2. The van der Waals surface area contributed by atoms with E-state index in [9.17, 15) is 0 Å². The predicted molar refractivity (Wildman–Crippen MR) is 105 cm³/mol. The molecule has 1 aliphatic carbocycles. The molecule has 0 bridgehead atoms. The Hall–Kier alpha value is -2.29. The van der Waals surface area contributed by atoms with E-state index in [0.717, 1.165) is 43.6 Å². The molecule has 5 heteroatoms. The van der Waals surface area contributed by atoms with Crippen molar-refractivity contribution >= 4 is 13.3 Å². The number of ether oxygens (including phenoxy) is 1. The SMILES string of the molecule is Bc1cc(C#N)ccc1O[C@@H]1c2ccccc2C[C@H]1N1CCC[C@@H](N)C1. The quantitative estimate of drug-likeness (QED) is 0.852. The molecule has 2 aromatic rings. The molecule has 0 unspecified atom stereocenters. The first-order valence-electron chi connectivity index (χ1n) is 9.40. The van der Waals surface area contributed by atoms with Crippen LogP contribution in [0, 0.1) is 11.3 Å². The van der Waals surface area contributed by atoms with Gasteiger partial charge >= 0.3 is 0 Å². The fourth-order valence-corrected chi connectivity index (χ4v) is 4.33. The monoisotopic (exact) mass is 345 g/mol. The van der Waals surface area contributed by atoms with Crippen LogP contribution in [0.1, 0.15) is 35.6 Å². The summed E-state index contributed by atoms with van der Waals surface area (Å²) in [6.07, 6.45) is 3.26. The fourth-order valence-electron chi connectivity index (χ4n) is 4.33. The van der Waals surface area contributed by atoms with E-state index in [1.54, 1.807) is 0 Å². The molecule has 132 valence electrons. The lowest BCUT2D eigenvalue weighted by molar-refractivity contribution is 0.0599. The van der Waals surface area contributed by atoms with Gasteiger partial charge in [-0.2, -0.15) is 5.26 Å². The van der Waals surface area contributed by atoms with Crippen molar-refractivity contribution in [1.29, 1.82) is 5.26 Å². The summed E-state index contributed by atoms with van der Waals surface area (Å²) >= 11 is 0. The number of hydrogen-bond donors (Lipinski definition) is 1. The molecular weight excluding hydrogens is 321 g/mol. The van der Waals surface area contributed by atoms with E-state index < -0.39 is 0 Å². The van der Waals surface area contributed by atoms with E-state index >= 15 is 0 Å². The standard InChI is InChI=1S/C21H24BN3O/c22-18-10-14(12-23)7-8-20(18)26-21-17-6-2-1-4-15(17)11-19(21)25-9-3-5-16(24)13-25/h1-2,4,6-8,10,16,19,21H,3,5,9,11,13,22,24H2/t16-,19-,21-/m1/s1. The number of fused-ring (bicyclic) bond motifs is 1. The Labute approximate surface area is 156 Å². The number of nitrogens with zero attached hydrogens (tertiary/aromatic N) is 2. The Morgan fingerprint density at radius 1 is 1.23 bits per heavy atom. The van der Waals surface area contributed by atoms with Crippen LogP contribution in [0.4, 0.5) is 0 Å². The van der Waals surface area contributed by atoms with Gasteiger partial charge in [-0.15, -0.1) is 0 Å². The van der Waals surface area contributed by atoms with Gasteiger partial charge in [-0.3, -0.25) is 4.90 Å². The summed E-state index contributed by atoms with van der Waals surface area (Å²) in [5.41, 5.74) is 10.6. The van der Waals surface area contributed by atoms with Gasteiger partial charge in [-0.1, -0.05) is 24.3 Å². The first-order chi connectivity index (χ1) is 12.7. The third kappa shape index (κ3) is 3.23. The van der Waals surface area contributed by atoms with E-state index in [0.29, 0.717) is 11.6 Å². The topological polar surface area (TPSA) is 62.3 Å². The number of likely N-dealkylation sites (tertiary alicyclic amines) is 1. The molecule has 1 heterocycles. The van der Waals surface area contributed by atoms with Crippen LogP contribution in [-0.2, 0) is 6.42 Å². The second kappa shape index (κ2) is 7.15. The highest BCUT2D eigenvalue weighted by Crippen LogP contribution is 2.38. The van der Waals surface area contributed by atoms with Crippen LogP contribution in [0.15, 0.2) is 42.5 Å². The smallest absolute Gasteiger partial charge is 0.144 e. The van der Waals surface area contributed by atoms with Crippen molar-refractivity contribution in [1.82, 2.24) is 4.90 Å². The van der Waals surface area contributed by atoms with Gasteiger partial charge in [0, 0.05) is 12.6 Å². The lowest BCUT2D eigenvalue weighted by Crippen LogP contribution is -2.50. The van der Waals surface area contributed by atoms with Crippen LogP contribution < -0.4 is 15.9 Å². The average molecular weight is 345 g/mol. The Balaban J connectivity index is 1.64. The summed E-state index contributed by atoms with van der Waals surface area (Å²) in [7, 11) is 2.00. The van der Waals surface area contributed by atoms with Crippen molar-refractivity contribution < 1.29 is 4.74 Å². The molecule has 2 aromatic carbocycles. The molecule has 1 saturated heterocycles. The highest BCUT2D eigenvalue weighted by Gasteiger charge is 2.39. The molecule has 1 fully saturated rings. The second-order valence-electron chi connectivity index (χ2n) is 7.50. The Bertz CT molecular complexity index is 847. The van der Waals surface area contributed by atoms with E-state index in [-0.39, 0.29) is 12.1 Å². The summed E-state index contributed by atoms with van der Waals surface area (Å²) in [6.45, 7) is 2.02. The average Bonchev–Trinajstić information content (AvgIpc) is 3.02. The summed E-state index contributed by atoms with van der Waals surface area (Å²) in [5.74, 6) is 0.858. The Kier molecular flexibility index (Phi) is 4.71. The highest BCUT2D eigenvalue weighted by atomic mass is 16.5. The zero-order chi connectivity index (χ0) is 18.1. The number of hydrogen-bond acceptors (Lipinski definition) is 4. The minimum absolute atomic E-state index is 0.00290. The van der Waals surface area contributed by atoms with Gasteiger partial charge in [0.1, 0.15) is 19.7 Å². The molecule has 0 spiro atoms. The van der Waals surface area contributed by atoms with Gasteiger partial charge in [0.05, 0.1) is 17.7 Å². The van der Waals surface area contributed by atoms with E-state index in [1.807, 2.05) is 26.0 Å². The molecule has 2 aliphatic rings. The Morgan fingerprint density at radius 2 is 2.08 bits per heavy atom. The third-order valence-electron chi connectivity index (χ3n) is 5.66. The van der Waals surface area contributed by atoms with Crippen LogP contribution in [0.2, 0.25) is 0 Å². The highest BCUT2D eigenvalue weighted by molar-refractivity contribution is 6.34. The van der Waals surface area contributed by atoms with Crippen molar-refractivity contribution in [2.75, 3.05) is 13.1 Å². The second-order valence-corrected chi connectivity index (χ2v) is 7.50. The molecule has 0 aromatic heterocycles. The van der Waals surface area contributed by atoms with Gasteiger partial charge in [-0.05, 0) is 60.6 Å². The first kappa shape index (κ1) is 17.1. The summed E-state index contributed by atoms with van der Waals surface area (Å²) in [5, 5.41) is 9.10. The zero-order valence-electron chi connectivity index (χ0n) is 15.2. The van der Waals surface area contributed by atoms with Crippen LogP contribution in [-0.4, -0.2) is 37.9 Å². The van der Waals surface area contributed by atoms with Crippen molar-refractivity contribution in [3.63, 3.8) is 0 Å². The summed E-state index contributed by atoms with van der Waals surface area (Å²) < 4.78 is 6.54. The molecule has 3 atom stereocenters. The van der Waals surface area contributed by atoms with Crippen molar-refractivity contribution in [3.8, 4) is 11.8 Å². The molecule has 0 saturated carbocycles. The van der Waals surface area contributed by atoms with Crippen LogP contribution in [0.3, 0.4) is 0 Å². The molecule has 1 aliphatic heterocycles. The van der Waals surface area contributed by atoms with Crippen molar-refractivity contribution in [3.05, 3.63) is 59.2 Å². The minimum Gasteiger partial charge on any atom is -0.485 e. The molecular formula is C21H24BN3O. The van der Waals surface area contributed by atoms with Crippen molar-refractivity contribution in [2.45, 2.75) is 37.5 Å². The largest absolute Gasteiger partial charge is 0.485 e. The normalized spacial score (nSPS) is 25.5. The van der Waals surface area contributed by atoms with Crippen molar-refractivity contribution in [2.24, 2.45) is 5.73 Å². The van der Waals surface area contributed by atoms with Gasteiger partial charge in [-0.25, -0.2) is 0 Å². The van der Waals surface area contributed by atoms with Gasteiger partial charge in [0.25, 0.3) is 0 Å². The molecule has 2 N–H and O–H groups in total. The molecule has 26 heavy (non-hydrogen) atoms.